The van der Waals surface area contributed by atoms with Gasteiger partial charge in [-0.05, 0) is 25.5 Å². The largest absolute Gasteiger partial charge is 0.399 e. The average Bonchev–Trinajstić information content (AvgIpc) is 3.18. The lowest BCUT2D eigenvalue weighted by molar-refractivity contribution is -0.129. The lowest BCUT2D eigenvalue weighted by Gasteiger charge is -2.34. The zero-order valence-electron chi connectivity index (χ0n) is 13.1. The summed E-state index contributed by atoms with van der Waals surface area (Å²) in [5.74, 6) is -2.39. The van der Waals surface area contributed by atoms with Crippen molar-refractivity contribution in [3.05, 3.63) is 29.3 Å². The molecule has 2 aliphatic rings. The summed E-state index contributed by atoms with van der Waals surface area (Å²) < 4.78 is 27.4. The molecule has 1 fully saturated rings. The molecule has 3 rings (SSSR count). The molecule has 1 aliphatic carbocycles. The first kappa shape index (κ1) is 16.0. The highest BCUT2D eigenvalue weighted by atomic mass is 32.2. The lowest BCUT2D eigenvalue weighted by atomic mass is 9.85. The van der Waals surface area contributed by atoms with Crippen molar-refractivity contribution < 1.29 is 13.6 Å². The molecule has 1 aromatic rings. The molecule has 1 aromatic carbocycles. The smallest absolute Gasteiger partial charge is 0.239 e. The maximum atomic E-state index is 14.4. The van der Waals surface area contributed by atoms with Crippen molar-refractivity contribution >= 4 is 28.5 Å². The summed E-state index contributed by atoms with van der Waals surface area (Å²) in [7, 11) is 3.32. The number of carbonyl (C=O) groups excluding carboxylic acids is 1. The second kappa shape index (κ2) is 4.83. The number of amidine groups is 1. The van der Waals surface area contributed by atoms with Crippen molar-refractivity contribution in [2.75, 3.05) is 19.8 Å². The molecule has 1 heterocycles. The van der Waals surface area contributed by atoms with Gasteiger partial charge in [-0.2, -0.15) is 0 Å². The molecule has 0 unspecified atom stereocenters. The molecular formula is C15H18F2N4OS. The van der Waals surface area contributed by atoms with Gasteiger partial charge < -0.3 is 16.4 Å². The molecule has 0 saturated heterocycles. The molecule has 1 aliphatic heterocycles. The number of nitrogens with two attached hydrogens (primary N) is 2. The molecule has 5 nitrogen and oxygen atoms in total. The van der Waals surface area contributed by atoms with Crippen LogP contribution in [0.15, 0.2) is 17.1 Å². The number of hydrogen-bond acceptors (Lipinski definition) is 5. The summed E-state index contributed by atoms with van der Waals surface area (Å²) >= 11 is 1.20. The Labute approximate surface area is 137 Å². The summed E-state index contributed by atoms with van der Waals surface area (Å²) in [4.78, 5) is 18.4. The number of nitrogens with zero attached hydrogens (tertiary/aromatic N) is 2. The molecule has 124 valence electrons. The van der Waals surface area contributed by atoms with Gasteiger partial charge in [-0.25, -0.2) is 8.78 Å². The minimum atomic E-state index is -1.12. The summed E-state index contributed by atoms with van der Waals surface area (Å²) in [5.41, 5.74) is 10.6. The van der Waals surface area contributed by atoms with Crippen molar-refractivity contribution in [3.63, 3.8) is 0 Å². The number of benzene rings is 1. The molecule has 0 radical (unpaired) electrons. The number of anilines is 1. The third-order valence-corrected chi connectivity index (χ3v) is 5.87. The highest BCUT2D eigenvalue weighted by Gasteiger charge is 2.71. The van der Waals surface area contributed by atoms with E-state index in [4.69, 9.17) is 11.5 Å². The van der Waals surface area contributed by atoms with Crippen LogP contribution in [0.5, 0.6) is 0 Å². The molecule has 0 spiro atoms. The number of aliphatic imine (C=N–C) groups is 1. The van der Waals surface area contributed by atoms with Gasteiger partial charge in [0.1, 0.15) is 4.75 Å². The first-order chi connectivity index (χ1) is 10.6. The fourth-order valence-corrected chi connectivity index (χ4v) is 4.91. The van der Waals surface area contributed by atoms with E-state index < -0.39 is 21.9 Å². The van der Waals surface area contributed by atoms with Crippen molar-refractivity contribution in [2.24, 2.45) is 16.6 Å². The SMILES string of the molecule is CN(C)C(=O)[C@]12C[C@H]1[C@@](C)(c1cc(N)cc(F)c1F)N=C(N)S2. The van der Waals surface area contributed by atoms with Gasteiger partial charge in [-0.3, -0.25) is 9.79 Å². The molecule has 8 heteroatoms. The van der Waals surface area contributed by atoms with Crippen LogP contribution in [-0.4, -0.2) is 34.8 Å². The zero-order valence-corrected chi connectivity index (χ0v) is 13.9. The highest BCUT2D eigenvalue weighted by molar-refractivity contribution is 8.15. The maximum absolute atomic E-state index is 14.4. The van der Waals surface area contributed by atoms with E-state index in [0.717, 1.165) is 6.07 Å². The van der Waals surface area contributed by atoms with Crippen LogP contribution in [0.1, 0.15) is 18.9 Å². The van der Waals surface area contributed by atoms with Crippen LogP contribution in [0.3, 0.4) is 0 Å². The molecule has 0 aromatic heterocycles. The quantitative estimate of drug-likeness (QED) is 0.802. The van der Waals surface area contributed by atoms with Crippen LogP contribution in [0.25, 0.3) is 0 Å². The Morgan fingerprint density at radius 3 is 2.65 bits per heavy atom. The fraction of sp³-hybridized carbons (Fsp3) is 0.467. The van der Waals surface area contributed by atoms with E-state index in [2.05, 4.69) is 4.99 Å². The number of thioether (sulfide) groups is 1. The minimum absolute atomic E-state index is 0.0386. The van der Waals surface area contributed by atoms with E-state index in [9.17, 15) is 13.6 Å². The monoisotopic (exact) mass is 340 g/mol. The van der Waals surface area contributed by atoms with Gasteiger partial charge in [0.05, 0.1) is 5.54 Å². The summed E-state index contributed by atoms with van der Waals surface area (Å²) in [5, 5.41) is 0.193. The van der Waals surface area contributed by atoms with Crippen LogP contribution >= 0.6 is 11.8 Å². The number of carbonyl (C=O) groups is 1. The molecule has 3 atom stereocenters. The van der Waals surface area contributed by atoms with Gasteiger partial charge in [0.25, 0.3) is 0 Å². The van der Waals surface area contributed by atoms with Gasteiger partial charge >= 0.3 is 0 Å². The van der Waals surface area contributed by atoms with Crippen molar-refractivity contribution in [3.8, 4) is 0 Å². The maximum Gasteiger partial charge on any atom is 0.239 e. The number of amides is 1. The Bertz CT molecular complexity index is 738. The first-order valence-electron chi connectivity index (χ1n) is 7.13. The molecule has 4 N–H and O–H groups in total. The second-order valence-electron chi connectivity index (χ2n) is 6.41. The van der Waals surface area contributed by atoms with E-state index in [1.807, 2.05) is 0 Å². The lowest BCUT2D eigenvalue weighted by Crippen LogP contribution is -2.43. The zero-order chi connectivity index (χ0) is 17.2. The van der Waals surface area contributed by atoms with Gasteiger partial charge in [0.2, 0.25) is 5.91 Å². The summed E-state index contributed by atoms with van der Waals surface area (Å²) in [6.07, 6.45) is 0.505. The van der Waals surface area contributed by atoms with Crippen molar-refractivity contribution in [1.82, 2.24) is 4.90 Å². The minimum Gasteiger partial charge on any atom is -0.399 e. The van der Waals surface area contributed by atoms with Gasteiger partial charge in [-0.15, -0.1) is 0 Å². The number of fused-ring (bicyclic) bond motifs is 1. The number of nitrogen functional groups attached to an aromatic ring is 1. The van der Waals surface area contributed by atoms with E-state index in [1.54, 1.807) is 21.0 Å². The third-order valence-electron chi connectivity index (χ3n) is 4.58. The van der Waals surface area contributed by atoms with E-state index >= 15 is 0 Å². The molecule has 23 heavy (non-hydrogen) atoms. The predicted octanol–water partition coefficient (Wildman–Crippen LogP) is 1.67. The first-order valence-corrected chi connectivity index (χ1v) is 7.94. The Hall–Kier alpha value is -1.83. The second-order valence-corrected chi connectivity index (χ2v) is 7.76. The standard InChI is InChI=1S/C15H18F2N4OS/c1-14(8-4-7(18)5-9(16)11(8)17)10-6-15(10,12(22)21(2)3)23-13(19)20-14/h4-5,10H,6,18H2,1-3H3,(H2,19,20)/t10-,14+,15-/m0/s1. The van der Waals surface area contributed by atoms with Gasteiger partial charge in [0.15, 0.2) is 16.8 Å². The number of rotatable bonds is 2. The van der Waals surface area contributed by atoms with E-state index in [-0.39, 0.29) is 28.2 Å². The average molecular weight is 340 g/mol. The summed E-state index contributed by atoms with van der Waals surface area (Å²) in [6, 6.07) is 2.30. The van der Waals surface area contributed by atoms with E-state index in [0.29, 0.717) is 6.42 Å². The number of hydrogen-bond donors (Lipinski definition) is 2. The van der Waals surface area contributed by atoms with Crippen LogP contribution in [-0.2, 0) is 10.3 Å². The Morgan fingerprint density at radius 2 is 2.04 bits per heavy atom. The van der Waals surface area contributed by atoms with Crippen LogP contribution in [0, 0.1) is 17.6 Å². The van der Waals surface area contributed by atoms with Crippen molar-refractivity contribution in [2.45, 2.75) is 23.6 Å². The van der Waals surface area contributed by atoms with E-state index in [1.165, 1.54) is 22.7 Å². The predicted molar refractivity (Wildman–Crippen MR) is 86.9 cm³/mol. The normalized spacial score (nSPS) is 32.0. The molecular weight excluding hydrogens is 322 g/mol. The fourth-order valence-electron chi connectivity index (χ4n) is 3.41. The summed E-state index contributed by atoms with van der Waals surface area (Å²) in [6.45, 7) is 1.67. The van der Waals surface area contributed by atoms with Gasteiger partial charge in [0, 0.05) is 31.3 Å². The van der Waals surface area contributed by atoms with Crippen LogP contribution < -0.4 is 11.5 Å². The Kier molecular flexibility index (Phi) is 3.37. The van der Waals surface area contributed by atoms with Crippen LogP contribution in [0.4, 0.5) is 14.5 Å². The third kappa shape index (κ3) is 2.19. The molecule has 0 bridgehead atoms. The van der Waals surface area contributed by atoms with Crippen molar-refractivity contribution in [1.29, 1.82) is 0 Å². The topological polar surface area (TPSA) is 84.7 Å². The Morgan fingerprint density at radius 1 is 1.39 bits per heavy atom. The molecule has 1 amide bonds. The Balaban J connectivity index is 2.13. The van der Waals surface area contributed by atoms with Crippen LogP contribution in [0.2, 0.25) is 0 Å². The highest BCUT2D eigenvalue weighted by Crippen LogP contribution is 2.66. The molecule has 1 saturated carbocycles. The van der Waals surface area contributed by atoms with Gasteiger partial charge in [-0.1, -0.05) is 11.8 Å². The number of halogens is 2.